The van der Waals surface area contributed by atoms with E-state index in [2.05, 4.69) is 25.6 Å². The molecule has 1 unspecified atom stereocenters. The van der Waals surface area contributed by atoms with Crippen LogP contribution in [0.1, 0.15) is 0 Å². The summed E-state index contributed by atoms with van der Waals surface area (Å²) in [5.74, 6) is 1.11. The Kier molecular flexibility index (Phi) is 4.14. The smallest absolute Gasteiger partial charge is 0.165 e. The summed E-state index contributed by atoms with van der Waals surface area (Å²) in [5, 5.41) is 11.1. The molecule has 3 aromatic rings. The zero-order valence-electron chi connectivity index (χ0n) is 14.9. The fraction of sp³-hybridized carbons (Fsp3) is 0.368. The normalized spacial score (nSPS) is 22.6. The summed E-state index contributed by atoms with van der Waals surface area (Å²) in [6.07, 6.45) is 3.50. The highest BCUT2D eigenvalue weighted by molar-refractivity contribution is 5.78. The highest BCUT2D eigenvalue weighted by Gasteiger charge is 2.21. The number of nitrogens with one attached hydrogen (secondary N) is 2. The lowest BCUT2D eigenvalue weighted by Crippen LogP contribution is -2.38. The topological polar surface area (TPSA) is 66.7 Å². The van der Waals surface area contributed by atoms with E-state index in [1.807, 2.05) is 12.3 Å². The molecule has 2 N–H and O–H groups in total. The molecule has 2 atom stereocenters. The average molecular weight is 368 g/mol. The lowest BCUT2D eigenvalue weighted by Gasteiger charge is -2.25. The molecule has 0 saturated carbocycles. The first kappa shape index (κ1) is 16.5. The number of benzene rings is 1. The van der Waals surface area contributed by atoms with Gasteiger partial charge in [0, 0.05) is 56.6 Å². The molecule has 2 aromatic heterocycles. The van der Waals surface area contributed by atoms with Gasteiger partial charge in [-0.1, -0.05) is 0 Å². The van der Waals surface area contributed by atoms with Crippen molar-refractivity contribution in [3.8, 4) is 16.9 Å². The number of hydrogen-bond acceptors (Lipinski definition) is 6. The van der Waals surface area contributed by atoms with Gasteiger partial charge in [0.05, 0.1) is 6.20 Å². The molecule has 27 heavy (non-hydrogen) atoms. The summed E-state index contributed by atoms with van der Waals surface area (Å²) < 4.78 is 22.5. The Labute approximate surface area is 156 Å². The molecule has 2 aliphatic rings. The van der Waals surface area contributed by atoms with Crippen LogP contribution in [0.4, 0.5) is 10.2 Å². The van der Waals surface area contributed by atoms with Crippen molar-refractivity contribution in [2.45, 2.75) is 6.10 Å². The molecular formula is C19H21FN6O. The molecule has 0 spiro atoms. The largest absolute Gasteiger partial charge is 0.488 e. The van der Waals surface area contributed by atoms with Crippen LogP contribution in [0.15, 0.2) is 36.7 Å². The third-order valence-corrected chi connectivity index (χ3v) is 5.07. The molecule has 7 nitrogen and oxygen atoms in total. The van der Waals surface area contributed by atoms with Gasteiger partial charge in [-0.3, -0.25) is 4.90 Å². The van der Waals surface area contributed by atoms with Gasteiger partial charge >= 0.3 is 0 Å². The molecule has 6 bridgehead atoms. The molecule has 1 saturated heterocycles. The minimum absolute atomic E-state index is 0.0110. The fourth-order valence-corrected chi connectivity index (χ4v) is 3.70. The maximum absolute atomic E-state index is 14.6. The number of aromatic nitrogens is 3. The van der Waals surface area contributed by atoms with Crippen molar-refractivity contribution in [2.75, 3.05) is 44.6 Å². The second-order valence-electron chi connectivity index (χ2n) is 6.95. The molecule has 0 aliphatic carbocycles. The summed E-state index contributed by atoms with van der Waals surface area (Å²) in [6.45, 7) is 5.17. The van der Waals surface area contributed by atoms with Gasteiger partial charge < -0.3 is 15.4 Å². The van der Waals surface area contributed by atoms with Gasteiger partial charge in [-0.05, 0) is 24.3 Å². The predicted octanol–water partition coefficient (Wildman–Crippen LogP) is 1.61. The molecule has 1 fully saturated rings. The van der Waals surface area contributed by atoms with E-state index in [-0.39, 0.29) is 11.9 Å². The van der Waals surface area contributed by atoms with Crippen LogP contribution in [0.3, 0.4) is 0 Å². The molecule has 4 heterocycles. The maximum Gasteiger partial charge on any atom is 0.165 e. The quantitative estimate of drug-likeness (QED) is 0.629. The van der Waals surface area contributed by atoms with Crippen LogP contribution >= 0.6 is 0 Å². The van der Waals surface area contributed by atoms with Gasteiger partial charge in [-0.2, -0.15) is 5.10 Å². The van der Waals surface area contributed by atoms with Crippen LogP contribution in [0.2, 0.25) is 0 Å². The number of halogens is 1. The van der Waals surface area contributed by atoms with Crippen LogP contribution in [0.5, 0.6) is 5.75 Å². The van der Waals surface area contributed by atoms with E-state index < -0.39 is 0 Å². The van der Waals surface area contributed by atoms with Crippen molar-refractivity contribution in [1.29, 1.82) is 0 Å². The molecular weight excluding hydrogens is 347 g/mol. The third-order valence-electron chi connectivity index (χ3n) is 5.07. The van der Waals surface area contributed by atoms with E-state index in [1.165, 1.54) is 6.07 Å². The minimum atomic E-state index is -0.315. The summed E-state index contributed by atoms with van der Waals surface area (Å²) in [6, 6.07) is 6.77. The fourth-order valence-electron chi connectivity index (χ4n) is 3.70. The van der Waals surface area contributed by atoms with Crippen molar-refractivity contribution in [3.05, 3.63) is 42.5 Å². The first-order valence-corrected chi connectivity index (χ1v) is 9.24. The van der Waals surface area contributed by atoms with Crippen LogP contribution < -0.4 is 15.4 Å². The number of hydrogen-bond donors (Lipinski definition) is 2. The first-order valence-electron chi connectivity index (χ1n) is 9.24. The summed E-state index contributed by atoms with van der Waals surface area (Å²) in [5.41, 5.74) is 1.72. The van der Waals surface area contributed by atoms with Crippen molar-refractivity contribution in [3.63, 3.8) is 0 Å². The Bertz CT molecular complexity index is 974. The molecule has 2 aliphatic heterocycles. The number of rotatable bonds is 0. The molecule has 8 heteroatoms. The van der Waals surface area contributed by atoms with E-state index in [0.717, 1.165) is 45.1 Å². The summed E-state index contributed by atoms with van der Waals surface area (Å²) >= 11 is 0. The van der Waals surface area contributed by atoms with Gasteiger partial charge in [-0.25, -0.2) is 13.9 Å². The summed E-state index contributed by atoms with van der Waals surface area (Å²) in [4.78, 5) is 7.02. The number of anilines is 1. The summed E-state index contributed by atoms with van der Waals surface area (Å²) in [7, 11) is 0. The predicted molar refractivity (Wildman–Crippen MR) is 101 cm³/mol. The first-order chi connectivity index (χ1) is 13.3. The molecule has 0 amide bonds. The molecule has 1 aromatic carbocycles. The minimum Gasteiger partial charge on any atom is -0.488 e. The second-order valence-corrected chi connectivity index (χ2v) is 6.95. The Balaban J connectivity index is 1.62. The Morgan fingerprint density at radius 3 is 3.04 bits per heavy atom. The highest BCUT2D eigenvalue weighted by Crippen LogP contribution is 2.30. The van der Waals surface area contributed by atoms with Crippen molar-refractivity contribution < 1.29 is 9.13 Å². The number of ether oxygens (including phenoxy) is 1. The Morgan fingerprint density at radius 1 is 1.15 bits per heavy atom. The van der Waals surface area contributed by atoms with Crippen molar-refractivity contribution >= 4 is 11.5 Å². The highest BCUT2D eigenvalue weighted by atomic mass is 19.1. The zero-order valence-corrected chi connectivity index (χ0v) is 14.9. The van der Waals surface area contributed by atoms with E-state index in [0.29, 0.717) is 22.5 Å². The Morgan fingerprint density at radius 2 is 2.07 bits per heavy atom. The molecule has 140 valence electrons. The monoisotopic (exact) mass is 368 g/mol. The van der Waals surface area contributed by atoms with E-state index in [4.69, 9.17) is 4.74 Å². The van der Waals surface area contributed by atoms with Gasteiger partial charge in [0.15, 0.2) is 5.65 Å². The molecule has 0 radical (unpaired) electrons. The SMILES string of the molecule is Fc1ccc2cc1-c1cnn3ccc(nc13)NCCN1CCNC[C@H](C1)O2. The average Bonchev–Trinajstić information content (AvgIpc) is 2.95. The van der Waals surface area contributed by atoms with Gasteiger partial charge in [0.2, 0.25) is 0 Å². The van der Waals surface area contributed by atoms with Gasteiger partial charge in [0.1, 0.15) is 23.5 Å². The van der Waals surface area contributed by atoms with Gasteiger partial charge in [-0.15, -0.1) is 0 Å². The third kappa shape index (κ3) is 3.22. The number of fused-ring (bicyclic) bond motifs is 6. The van der Waals surface area contributed by atoms with Crippen LogP contribution in [-0.2, 0) is 0 Å². The van der Waals surface area contributed by atoms with Gasteiger partial charge in [0.25, 0.3) is 0 Å². The molecule has 5 rings (SSSR count). The zero-order chi connectivity index (χ0) is 18.2. The standard InChI is InChI=1S/C19H21FN6O/c20-17-2-1-13-9-15(17)16-11-23-26-6-3-18(24-19(16)26)22-5-8-25-7-4-21-10-14(12-25)27-13/h1-3,6,9,11,14,21H,4-5,7-8,10,12H2,(H,22,24)/t14-/m1/s1. The Hall–Kier alpha value is -2.71. The van der Waals surface area contributed by atoms with Crippen molar-refractivity contribution in [1.82, 2.24) is 24.8 Å². The lowest BCUT2D eigenvalue weighted by molar-refractivity contribution is 0.153. The van der Waals surface area contributed by atoms with Crippen LogP contribution in [0, 0.1) is 5.82 Å². The number of nitrogens with zero attached hydrogens (tertiary/aromatic N) is 4. The lowest BCUT2D eigenvalue weighted by atomic mass is 10.1. The van der Waals surface area contributed by atoms with E-state index in [1.54, 1.807) is 22.8 Å². The maximum atomic E-state index is 14.6. The second kappa shape index (κ2) is 6.79. The van der Waals surface area contributed by atoms with Crippen LogP contribution in [0.25, 0.3) is 16.8 Å². The van der Waals surface area contributed by atoms with E-state index in [9.17, 15) is 4.39 Å². The van der Waals surface area contributed by atoms with Crippen molar-refractivity contribution in [2.24, 2.45) is 0 Å². The van der Waals surface area contributed by atoms with Crippen LogP contribution in [-0.4, -0.2) is 64.9 Å². The van der Waals surface area contributed by atoms with E-state index >= 15 is 0 Å².